The van der Waals surface area contributed by atoms with Gasteiger partial charge in [-0.2, -0.15) is 0 Å². The van der Waals surface area contributed by atoms with Crippen molar-refractivity contribution in [2.75, 3.05) is 38.9 Å². The van der Waals surface area contributed by atoms with Gasteiger partial charge < -0.3 is 28.6 Å². The highest BCUT2D eigenvalue weighted by Crippen LogP contribution is 2.36. The molecule has 0 aliphatic carbocycles. The fourth-order valence-electron chi connectivity index (χ4n) is 3.58. The third-order valence-corrected chi connectivity index (χ3v) is 5.15. The number of nitrogens with zero attached hydrogens (tertiary/aromatic N) is 1. The predicted molar refractivity (Wildman–Crippen MR) is 107 cm³/mol. The summed E-state index contributed by atoms with van der Waals surface area (Å²) in [4.78, 5) is 26.7. The standard InChI is InChI=1S/C22H23NO7/c1-26-17-4-6-18(27-2)15(9-17)13-30-22(25)14-10-21(24)23(12-14)16-3-5-19-20(11-16)29-8-7-28-19/h3-6,9,11,14H,7-8,10,12-13H2,1-2H3/t14-/m0/s1. The van der Waals surface area contributed by atoms with Gasteiger partial charge in [-0.1, -0.05) is 0 Å². The molecule has 1 saturated heterocycles. The van der Waals surface area contributed by atoms with E-state index in [-0.39, 0.29) is 25.5 Å². The average Bonchev–Trinajstić information content (AvgIpc) is 3.18. The summed E-state index contributed by atoms with van der Waals surface area (Å²) in [6.07, 6.45) is 0.0997. The van der Waals surface area contributed by atoms with Crippen molar-refractivity contribution in [2.45, 2.75) is 13.0 Å². The summed E-state index contributed by atoms with van der Waals surface area (Å²) in [6, 6.07) is 10.6. The lowest BCUT2D eigenvalue weighted by Crippen LogP contribution is -2.26. The molecule has 30 heavy (non-hydrogen) atoms. The molecule has 8 nitrogen and oxygen atoms in total. The van der Waals surface area contributed by atoms with Crippen molar-refractivity contribution in [3.63, 3.8) is 0 Å². The maximum atomic E-state index is 12.6. The molecule has 8 heteroatoms. The molecule has 1 amide bonds. The molecule has 2 heterocycles. The van der Waals surface area contributed by atoms with E-state index in [9.17, 15) is 9.59 Å². The topological polar surface area (TPSA) is 83.5 Å². The minimum Gasteiger partial charge on any atom is -0.497 e. The maximum Gasteiger partial charge on any atom is 0.311 e. The summed E-state index contributed by atoms with van der Waals surface area (Å²) in [5.41, 5.74) is 1.37. The lowest BCUT2D eigenvalue weighted by atomic mass is 10.1. The van der Waals surface area contributed by atoms with Crippen LogP contribution >= 0.6 is 0 Å². The summed E-state index contributed by atoms with van der Waals surface area (Å²) >= 11 is 0. The molecule has 0 bridgehead atoms. The van der Waals surface area contributed by atoms with E-state index >= 15 is 0 Å². The molecule has 2 aromatic carbocycles. The molecular weight excluding hydrogens is 390 g/mol. The van der Waals surface area contributed by atoms with Crippen LogP contribution in [0, 0.1) is 5.92 Å². The average molecular weight is 413 g/mol. The fourth-order valence-corrected chi connectivity index (χ4v) is 3.58. The third kappa shape index (κ3) is 3.98. The molecule has 4 rings (SSSR count). The lowest BCUT2D eigenvalue weighted by molar-refractivity contribution is -0.149. The minimum atomic E-state index is -0.540. The number of ether oxygens (including phenoxy) is 5. The van der Waals surface area contributed by atoms with E-state index in [2.05, 4.69) is 0 Å². The van der Waals surface area contributed by atoms with Crippen molar-refractivity contribution in [1.82, 2.24) is 0 Å². The smallest absolute Gasteiger partial charge is 0.311 e. The summed E-state index contributed by atoms with van der Waals surface area (Å²) in [6.45, 7) is 1.26. The first-order valence-corrected chi connectivity index (χ1v) is 9.66. The molecule has 0 radical (unpaired) electrons. The molecule has 1 atom stereocenters. The number of hydrogen-bond donors (Lipinski definition) is 0. The molecule has 1 fully saturated rings. The van der Waals surface area contributed by atoms with E-state index in [1.54, 1.807) is 55.5 Å². The normalized spacial score (nSPS) is 17.6. The molecular formula is C22H23NO7. The highest BCUT2D eigenvalue weighted by Gasteiger charge is 2.36. The highest BCUT2D eigenvalue weighted by molar-refractivity contribution is 5.99. The number of amides is 1. The van der Waals surface area contributed by atoms with Gasteiger partial charge in [0.2, 0.25) is 5.91 Å². The van der Waals surface area contributed by atoms with Crippen molar-refractivity contribution in [1.29, 1.82) is 0 Å². The van der Waals surface area contributed by atoms with Crippen LogP contribution < -0.4 is 23.8 Å². The van der Waals surface area contributed by atoms with Gasteiger partial charge >= 0.3 is 5.97 Å². The second-order valence-corrected chi connectivity index (χ2v) is 7.02. The number of hydrogen-bond acceptors (Lipinski definition) is 7. The summed E-state index contributed by atoms with van der Waals surface area (Å²) in [5, 5.41) is 0. The van der Waals surface area contributed by atoms with Crippen LogP contribution in [0.3, 0.4) is 0 Å². The number of carbonyl (C=O) groups excluding carboxylic acids is 2. The van der Waals surface area contributed by atoms with Crippen LogP contribution in [0.5, 0.6) is 23.0 Å². The minimum absolute atomic E-state index is 0.0356. The second-order valence-electron chi connectivity index (χ2n) is 7.02. The van der Waals surface area contributed by atoms with Crippen molar-refractivity contribution in [2.24, 2.45) is 5.92 Å². The number of rotatable bonds is 6. The van der Waals surface area contributed by atoms with E-state index in [1.807, 2.05) is 0 Å². The molecule has 0 spiro atoms. The number of benzene rings is 2. The molecule has 0 aromatic heterocycles. The van der Waals surface area contributed by atoms with Gasteiger partial charge in [-0.3, -0.25) is 9.59 Å². The van der Waals surface area contributed by atoms with Gasteiger partial charge in [0.15, 0.2) is 11.5 Å². The zero-order valence-corrected chi connectivity index (χ0v) is 16.9. The molecule has 0 unspecified atom stereocenters. The van der Waals surface area contributed by atoms with Gasteiger partial charge in [0.1, 0.15) is 31.3 Å². The van der Waals surface area contributed by atoms with Gasteiger partial charge in [-0.15, -0.1) is 0 Å². The summed E-state index contributed by atoms with van der Waals surface area (Å²) in [7, 11) is 3.11. The zero-order chi connectivity index (χ0) is 21.1. The van der Waals surface area contributed by atoms with Crippen LogP contribution in [-0.2, 0) is 20.9 Å². The zero-order valence-electron chi connectivity index (χ0n) is 16.9. The third-order valence-electron chi connectivity index (χ3n) is 5.15. The lowest BCUT2D eigenvalue weighted by Gasteiger charge is -2.22. The van der Waals surface area contributed by atoms with Crippen molar-refractivity contribution in [3.05, 3.63) is 42.0 Å². The van der Waals surface area contributed by atoms with Crippen molar-refractivity contribution < 1.29 is 33.3 Å². The van der Waals surface area contributed by atoms with Crippen LogP contribution in [-0.4, -0.2) is 45.9 Å². The van der Waals surface area contributed by atoms with Crippen molar-refractivity contribution in [3.8, 4) is 23.0 Å². The Labute approximate surface area is 174 Å². The Hall–Kier alpha value is -3.42. The Kier molecular flexibility index (Phi) is 5.65. The number of fused-ring (bicyclic) bond motifs is 1. The van der Waals surface area contributed by atoms with Gasteiger partial charge in [0.25, 0.3) is 0 Å². The Morgan fingerprint density at radius 3 is 2.63 bits per heavy atom. The quantitative estimate of drug-likeness (QED) is 0.673. The van der Waals surface area contributed by atoms with Gasteiger partial charge in [0, 0.05) is 30.3 Å². The van der Waals surface area contributed by atoms with Crippen LogP contribution in [0.2, 0.25) is 0 Å². The number of esters is 1. The van der Waals surface area contributed by atoms with E-state index in [0.717, 1.165) is 0 Å². The Morgan fingerprint density at radius 1 is 1.07 bits per heavy atom. The van der Waals surface area contributed by atoms with Crippen molar-refractivity contribution >= 4 is 17.6 Å². The van der Waals surface area contributed by atoms with Gasteiger partial charge in [-0.25, -0.2) is 0 Å². The van der Waals surface area contributed by atoms with Crippen LogP contribution in [0.25, 0.3) is 0 Å². The number of methoxy groups -OCH3 is 2. The Balaban J connectivity index is 1.41. The van der Waals surface area contributed by atoms with E-state index < -0.39 is 11.9 Å². The van der Waals surface area contributed by atoms with Crippen LogP contribution in [0.4, 0.5) is 5.69 Å². The number of anilines is 1. The van der Waals surface area contributed by atoms with E-state index in [4.69, 9.17) is 23.7 Å². The number of carbonyl (C=O) groups is 2. The molecule has 2 aliphatic heterocycles. The fraction of sp³-hybridized carbons (Fsp3) is 0.364. The summed E-state index contributed by atoms with van der Waals surface area (Å²) in [5.74, 6) is 1.40. The predicted octanol–water partition coefficient (Wildman–Crippen LogP) is 2.57. The molecule has 158 valence electrons. The van der Waals surface area contributed by atoms with Crippen LogP contribution in [0.15, 0.2) is 36.4 Å². The molecule has 2 aliphatic rings. The van der Waals surface area contributed by atoms with Crippen LogP contribution in [0.1, 0.15) is 12.0 Å². The van der Waals surface area contributed by atoms with E-state index in [0.29, 0.717) is 47.5 Å². The SMILES string of the molecule is COc1ccc(OC)c(COC(=O)[C@H]2CC(=O)N(c3ccc4c(c3)OCCO4)C2)c1. The van der Waals surface area contributed by atoms with Gasteiger partial charge in [-0.05, 0) is 30.3 Å². The molecule has 0 N–H and O–H groups in total. The first kappa shape index (κ1) is 19.9. The van der Waals surface area contributed by atoms with E-state index in [1.165, 1.54) is 0 Å². The Morgan fingerprint density at radius 2 is 1.87 bits per heavy atom. The van der Waals surface area contributed by atoms with Gasteiger partial charge in [0.05, 0.1) is 20.1 Å². The molecule has 2 aromatic rings. The summed E-state index contributed by atoms with van der Waals surface area (Å²) < 4.78 is 27.1. The second kappa shape index (κ2) is 8.52. The molecule has 0 saturated carbocycles. The first-order chi connectivity index (χ1) is 14.6. The maximum absolute atomic E-state index is 12.6. The first-order valence-electron chi connectivity index (χ1n) is 9.66. The highest BCUT2D eigenvalue weighted by atomic mass is 16.6. The monoisotopic (exact) mass is 413 g/mol. The Bertz CT molecular complexity index is 958. The largest absolute Gasteiger partial charge is 0.497 e.